The standard InChI is InChI=1S/C16H16N2O5.C15H20N2O5.2ClH/c1-10(17-9-11-5-3-2-4-6-11)15(20)12-7-13(18(22)23)16(21)14(19)8-12;18-13(6-7-16-11-4-2-1-3-5-11)10-8-12(17(21)22)15(20)14(19)9-10;;/h2-8,10,17,19,21H,9H2,1H3;8-9,11,16,19-20H,1-7H2;2*1H. The number of aromatic hydroxyl groups is 4. The number of phenols is 4. The third-order valence-corrected chi connectivity index (χ3v) is 7.38. The van der Waals surface area contributed by atoms with E-state index in [1.807, 2.05) is 30.3 Å². The molecule has 6 N–H and O–H groups in total. The summed E-state index contributed by atoms with van der Waals surface area (Å²) in [5.74, 6) is -3.74. The highest BCUT2D eigenvalue weighted by Gasteiger charge is 2.24. The molecule has 0 bridgehead atoms. The summed E-state index contributed by atoms with van der Waals surface area (Å²) in [7, 11) is 0. The van der Waals surface area contributed by atoms with E-state index < -0.39 is 56.0 Å². The number of nitro groups is 2. The Kier molecular flexibility index (Phi) is 16.6. The maximum atomic E-state index is 12.3. The lowest BCUT2D eigenvalue weighted by atomic mass is 9.95. The number of phenolic OH excluding ortho intramolecular Hbond substituents is 4. The summed E-state index contributed by atoms with van der Waals surface area (Å²) >= 11 is 0. The van der Waals surface area contributed by atoms with Gasteiger partial charge in [-0.1, -0.05) is 49.6 Å². The second kappa shape index (κ2) is 19.2. The van der Waals surface area contributed by atoms with Crippen molar-refractivity contribution in [2.45, 2.75) is 64.1 Å². The molecule has 0 amide bonds. The zero-order valence-corrected chi connectivity index (χ0v) is 27.1. The van der Waals surface area contributed by atoms with Gasteiger partial charge in [-0.3, -0.25) is 29.8 Å². The lowest BCUT2D eigenvalue weighted by molar-refractivity contribution is -0.386. The van der Waals surface area contributed by atoms with Crippen LogP contribution in [0.3, 0.4) is 0 Å². The average Bonchev–Trinajstić information content (AvgIpc) is 3.03. The van der Waals surface area contributed by atoms with Crippen molar-refractivity contribution in [1.82, 2.24) is 10.6 Å². The number of carbonyl (C=O) groups is 2. The topological polar surface area (TPSA) is 225 Å². The van der Waals surface area contributed by atoms with Crippen LogP contribution < -0.4 is 10.6 Å². The third-order valence-electron chi connectivity index (χ3n) is 7.38. The van der Waals surface area contributed by atoms with E-state index in [2.05, 4.69) is 10.6 Å². The van der Waals surface area contributed by atoms with Gasteiger partial charge in [-0.05, 0) is 37.5 Å². The number of rotatable bonds is 12. The molecule has 16 heteroatoms. The minimum absolute atomic E-state index is 0. The van der Waals surface area contributed by atoms with Crippen molar-refractivity contribution < 1.29 is 39.9 Å². The zero-order valence-electron chi connectivity index (χ0n) is 25.5. The zero-order chi connectivity index (χ0) is 33.1. The molecule has 0 spiro atoms. The molecule has 1 atom stereocenters. The first-order chi connectivity index (χ1) is 21.4. The number of nitrogens with zero attached hydrogens (tertiary/aromatic N) is 2. The minimum atomic E-state index is -0.853. The van der Waals surface area contributed by atoms with E-state index in [1.165, 1.54) is 19.3 Å². The molecule has 3 aromatic carbocycles. The van der Waals surface area contributed by atoms with Crippen molar-refractivity contribution in [2.75, 3.05) is 6.54 Å². The van der Waals surface area contributed by atoms with E-state index in [4.69, 9.17) is 0 Å². The van der Waals surface area contributed by atoms with Crippen molar-refractivity contribution in [2.24, 2.45) is 0 Å². The Labute approximate surface area is 283 Å². The van der Waals surface area contributed by atoms with Crippen LogP contribution in [0.2, 0.25) is 0 Å². The number of hydrogen-bond acceptors (Lipinski definition) is 12. The fourth-order valence-electron chi connectivity index (χ4n) is 4.84. The summed E-state index contributed by atoms with van der Waals surface area (Å²) in [6.45, 7) is 2.58. The number of nitrogens with one attached hydrogen (secondary N) is 2. The van der Waals surface area contributed by atoms with Crippen LogP contribution in [0, 0.1) is 20.2 Å². The van der Waals surface area contributed by atoms with Crippen LogP contribution in [0.4, 0.5) is 11.4 Å². The monoisotopic (exact) mass is 696 g/mol. The maximum absolute atomic E-state index is 12.3. The summed E-state index contributed by atoms with van der Waals surface area (Å²) in [4.78, 5) is 44.3. The SMILES string of the molecule is CC(NCc1ccccc1)C(=O)c1cc(O)c(O)c([N+](=O)[O-])c1.Cl.Cl.O=C(CCNC1CCCCC1)c1cc(O)c(O)c([N+](=O)[O-])c1. The van der Waals surface area contributed by atoms with E-state index in [9.17, 15) is 50.2 Å². The van der Waals surface area contributed by atoms with E-state index in [0.717, 1.165) is 42.7 Å². The lowest BCUT2D eigenvalue weighted by Crippen LogP contribution is -2.33. The number of ketones is 2. The molecule has 1 fully saturated rings. The lowest BCUT2D eigenvalue weighted by Gasteiger charge is -2.22. The Morgan fingerprint density at radius 2 is 1.34 bits per heavy atom. The Hall–Kier alpha value is -4.50. The van der Waals surface area contributed by atoms with E-state index in [-0.39, 0.29) is 48.1 Å². The second-order valence-corrected chi connectivity index (χ2v) is 10.7. The molecule has 0 aliphatic heterocycles. The Morgan fingerprint density at radius 1 is 0.830 bits per heavy atom. The van der Waals surface area contributed by atoms with E-state index in [0.29, 0.717) is 19.1 Å². The van der Waals surface area contributed by atoms with Gasteiger partial charge in [-0.2, -0.15) is 0 Å². The number of carbonyl (C=O) groups excluding carboxylic acids is 2. The van der Waals surface area contributed by atoms with Crippen LogP contribution >= 0.6 is 24.8 Å². The normalized spacial score (nSPS) is 13.1. The van der Waals surface area contributed by atoms with E-state index in [1.54, 1.807) is 6.92 Å². The van der Waals surface area contributed by atoms with Crippen molar-refractivity contribution in [3.05, 3.63) is 91.5 Å². The first kappa shape index (κ1) is 40.5. The first-order valence-electron chi connectivity index (χ1n) is 14.4. The molecule has 0 radical (unpaired) electrons. The van der Waals surface area contributed by atoms with Crippen molar-refractivity contribution >= 4 is 47.8 Å². The summed E-state index contributed by atoms with van der Waals surface area (Å²) in [5.41, 5.74) is -0.383. The first-order valence-corrected chi connectivity index (χ1v) is 14.4. The minimum Gasteiger partial charge on any atom is -0.504 e. The average molecular weight is 698 g/mol. The molecule has 47 heavy (non-hydrogen) atoms. The third kappa shape index (κ3) is 11.7. The van der Waals surface area contributed by atoms with Crippen LogP contribution in [0.25, 0.3) is 0 Å². The number of benzene rings is 3. The number of halogens is 2. The Bertz CT molecular complexity index is 1540. The Balaban J connectivity index is 0.000000451. The van der Waals surface area contributed by atoms with Gasteiger partial charge in [0.2, 0.25) is 11.5 Å². The van der Waals surface area contributed by atoms with Gasteiger partial charge in [0, 0.05) is 48.8 Å². The molecule has 256 valence electrons. The molecule has 1 aliphatic rings. The fraction of sp³-hybridized carbons (Fsp3) is 0.355. The van der Waals surface area contributed by atoms with Crippen LogP contribution in [-0.2, 0) is 6.54 Å². The van der Waals surface area contributed by atoms with Gasteiger partial charge >= 0.3 is 11.4 Å². The molecule has 0 aromatic heterocycles. The largest absolute Gasteiger partial charge is 0.504 e. The molecule has 14 nitrogen and oxygen atoms in total. The predicted molar refractivity (Wildman–Crippen MR) is 178 cm³/mol. The van der Waals surface area contributed by atoms with Crippen molar-refractivity contribution in [3.63, 3.8) is 0 Å². The number of hydrogen-bond donors (Lipinski definition) is 6. The van der Waals surface area contributed by atoms with Gasteiger partial charge in [0.25, 0.3) is 0 Å². The summed E-state index contributed by atoms with van der Waals surface area (Å²) in [6.07, 6.45) is 6.07. The van der Waals surface area contributed by atoms with Gasteiger partial charge in [0.1, 0.15) is 0 Å². The molecular weight excluding hydrogens is 659 g/mol. The van der Waals surface area contributed by atoms with Gasteiger partial charge in [0.15, 0.2) is 23.1 Å². The van der Waals surface area contributed by atoms with Gasteiger partial charge in [-0.15, -0.1) is 24.8 Å². The quantitative estimate of drug-likeness (QED) is 0.0579. The molecule has 1 unspecified atom stereocenters. The predicted octanol–water partition coefficient (Wildman–Crippen LogP) is 5.71. The van der Waals surface area contributed by atoms with Gasteiger partial charge in [-0.25, -0.2) is 0 Å². The van der Waals surface area contributed by atoms with Gasteiger partial charge in [0.05, 0.1) is 15.9 Å². The highest BCUT2D eigenvalue weighted by Crippen LogP contribution is 2.37. The number of nitro benzene ring substituents is 2. The highest BCUT2D eigenvalue weighted by molar-refractivity contribution is 6.01. The fourth-order valence-corrected chi connectivity index (χ4v) is 4.84. The summed E-state index contributed by atoms with van der Waals surface area (Å²) in [5, 5.41) is 65.8. The maximum Gasteiger partial charge on any atom is 0.315 e. The van der Waals surface area contributed by atoms with Crippen LogP contribution in [0.5, 0.6) is 23.0 Å². The highest BCUT2D eigenvalue weighted by atomic mass is 35.5. The van der Waals surface area contributed by atoms with Gasteiger partial charge < -0.3 is 31.1 Å². The molecule has 3 aromatic rings. The van der Waals surface area contributed by atoms with Crippen LogP contribution in [0.1, 0.15) is 71.7 Å². The number of Topliss-reactive ketones (excluding diaryl/α,β-unsaturated/α-hetero) is 2. The summed E-state index contributed by atoms with van der Waals surface area (Å²) < 4.78 is 0. The van der Waals surface area contributed by atoms with Crippen LogP contribution in [0.15, 0.2) is 54.6 Å². The smallest absolute Gasteiger partial charge is 0.315 e. The van der Waals surface area contributed by atoms with Crippen LogP contribution in [-0.4, -0.2) is 60.5 Å². The van der Waals surface area contributed by atoms with Crippen molar-refractivity contribution in [1.29, 1.82) is 0 Å². The molecule has 0 saturated heterocycles. The summed E-state index contributed by atoms with van der Waals surface area (Å²) in [6, 6.07) is 13.3. The molecule has 0 heterocycles. The van der Waals surface area contributed by atoms with Crippen molar-refractivity contribution in [3.8, 4) is 23.0 Å². The Morgan fingerprint density at radius 3 is 1.87 bits per heavy atom. The molecule has 1 saturated carbocycles. The molecule has 1 aliphatic carbocycles. The molecular formula is C31H38Cl2N4O10. The second-order valence-electron chi connectivity index (χ2n) is 10.7. The molecule has 4 rings (SSSR count). The van der Waals surface area contributed by atoms with E-state index >= 15 is 0 Å².